The van der Waals surface area contributed by atoms with Gasteiger partial charge in [-0.15, -0.1) is 0 Å². The van der Waals surface area contributed by atoms with E-state index >= 15 is 0 Å². The van der Waals surface area contributed by atoms with Gasteiger partial charge >= 0.3 is 0 Å². The first-order chi connectivity index (χ1) is 18.6. The zero-order chi connectivity index (χ0) is 25.5. The minimum Gasteiger partial charge on any atom is -0.491 e. The molecule has 0 spiro atoms. The summed E-state index contributed by atoms with van der Waals surface area (Å²) < 4.78 is 12.6. The van der Waals surface area contributed by atoms with Crippen LogP contribution in [0.25, 0.3) is 10.8 Å². The van der Waals surface area contributed by atoms with Crippen LogP contribution in [0, 0.1) is 35.5 Å². The van der Waals surface area contributed by atoms with Crippen LogP contribution in [0.4, 0.5) is 0 Å². The fourth-order valence-electron chi connectivity index (χ4n) is 11.7. The van der Waals surface area contributed by atoms with Gasteiger partial charge in [0.05, 0.1) is 13.2 Å². The Morgan fingerprint density at radius 1 is 0.605 bits per heavy atom. The van der Waals surface area contributed by atoms with E-state index in [9.17, 15) is 10.2 Å². The van der Waals surface area contributed by atoms with Crippen LogP contribution < -0.4 is 9.47 Å². The second-order valence-electron chi connectivity index (χ2n) is 14.5. The van der Waals surface area contributed by atoms with Crippen molar-refractivity contribution in [3.05, 3.63) is 35.4 Å². The lowest BCUT2D eigenvalue weighted by Gasteiger charge is -2.58. The molecule has 0 radical (unpaired) electrons. The van der Waals surface area contributed by atoms with E-state index in [1.54, 1.807) is 0 Å². The number of ether oxygens (including phenoxy) is 2. The van der Waals surface area contributed by atoms with Crippen LogP contribution in [-0.4, -0.2) is 36.6 Å². The zero-order valence-corrected chi connectivity index (χ0v) is 22.8. The predicted molar refractivity (Wildman–Crippen MR) is 149 cm³/mol. The largest absolute Gasteiger partial charge is 0.491 e. The molecule has 0 aromatic heterocycles. The maximum atomic E-state index is 9.82. The molecule has 2 aromatic rings. The van der Waals surface area contributed by atoms with Crippen LogP contribution in [0.15, 0.2) is 24.3 Å². The second kappa shape index (κ2) is 8.86. The number of aliphatic hydroxyl groups is 2. The number of hydrogen-bond donors (Lipinski definition) is 2. The maximum absolute atomic E-state index is 9.82. The standard InChI is InChI=1S/C34H44O4/c35-3-5-37-27-1-2-28-29(13-27)30(33-15-21-7-22(16-33)9-23(8-21)17-33)14-31(38-6-4-36)32(28)34-18-24-10-25(19-34)12-26(11-24)20-34/h1-2,13-14,21-26,35-36H,3-12,15-20H2. The first-order valence-electron chi connectivity index (χ1n) is 15.7. The lowest BCUT2D eigenvalue weighted by molar-refractivity contribution is -0.00705. The van der Waals surface area contributed by atoms with E-state index in [4.69, 9.17) is 9.47 Å². The zero-order valence-electron chi connectivity index (χ0n) is 22.8. The summed E-state index contributed by atoms with van der Waals surface area (Å²) in [6.07, 6.45) is 16.4. The number of benzene rings is 2. The first-order valence-corrected chi connectivity index (χ1v) is 15.7. The van der Waals surface area contributed by atoms with Crippen molar-refractivity contribution >= 4 is 10.8 Å². The molecule has 8 aliphatic carbocycles. The molecule has 0 atom stereocenters. The Labute approximate surface area is 227 Å². The Morgan fingerprint density at radius 2 is 1.11 bits per heavy atom. The monoisotopic (exact) mass is 516 g/mol. The molecular formula is C34H44O4. The molecule has 204 valence electrons. The summed E-state index contributed by atoms with van der Waals surface area (Å²) in [5, 5.41) is 22.0. The summed E-state index contributed by atoms with van der Waals surface area (Å²) in [4.78, 5) is 0. The molecule has 0 saturated heterocycles. The van der Waals surface area contributed by atoms with Gasteiger partial charge in [0.1, 0.15) is 24.7 Å². The smallest absolute Gasteiger partial charge is 0.124 e. The highest BCUT2D eigenvalue weighted by molar-refractivity contribution is 5.94. The van der Waals surface area contributed by atoms with E-state index < -0.39 is 0 Å². The number of aliphatic hydroxyl groups excluding tert-OH is 2. The number of fused-ring (bicyclic) bond motifs is 1. The van der Waals surface area contributed by atoms with E-state index in [-0.39, 0.29) is 24.0 Å². The minimum atomic E-state index is 0.0341. The summed E-state index contributed by atoms with van der Waals surface area (Å²) in [7, 11) is 0. The van der Waals surface area contributed by atoms with E-state index in [2.05, 4.69) is 24.3 Å². The Morgan fingerprint density at radius 3 is 1.63 bits per heavy atom. The van der Waals surface area contributed by atoms with E-state index in [1.165, 1.54) is 98.9 Å². The van der Waals surface area contributed by atoms with Gasteiger partial charge in [-0.2, -0.15) is 0 Å². The van der Waals surface area contributed by atoms with E-state index in [1.807, 2.05) is 0 Å². The fraction of sp³-hybridized carbons (Fsp3) is 0.706. The highest BCUT2D eigenvalue weighted by Gasteiger charge is 2.55. The van der Waals surface area contributed by atoms with Crippen LogP contribution in [0.3, 0.4) is 0 Å². The van der Waals surface area contributed by atoms with Gasteiger partial charge in [0.15, 0.2) is 0 Å². The lowest BCUT2D eigenvalue weighted by atomic mass is 9.46. The average molecular weight is 517 g/mol. The molecular weight excluding hydrogens is 472 g/mol. The SMILES string of the molecule is OCCOc1ccc2c(C34CC5CC(CC(C5)C3)C4)c(OCCO)cc(C34CC5CC(CC(C5)C3)C4)c2c1. The van der Waals surface area contributed by atoms with Crippen LogP contribution >= 0.6 is 0 Å². The van der Waals surface area contributed by atoms with Gasteiger partial charge in [0, 0.05) is 11.0 Å². The molecule has 4 heteroatoms. The third-order valence-electron chi connectivity index (χ3n) is 12.0. The molecule has 8 bridgehead atoms. The van der Waals surface area contributed by atoms with Crippen LogP contribution in [0.1, 0.15) is 88.2 Å². The number of hydrogen-bond acceptors (Lipinski definition) is 4. The molecule has 0 amide bonds. The molecule has 4 nitrogen and oxygen atoms in total. The lowest BCUT2D eigenvalue weighted by Crippen LogP contribution is -2.49. The average Bonchev–Trinajstić information content (AvgIpc) is 2.88. The molecule has 8 fully saturated rings. The summed E-state index contributed by atoms with van der Waals surface area (Å²) in [6.45, 7) is 0.784. The van der Waals surface area contributed by atoms with Crippen molar-refractivity contribution in [1.82, 2.24) is 0 Å². The van der Waals surface area contributed by atoms with Gasteiger partial charge in [0.2, 0.25) is 0 Å². The van der Waals surface area contributed by atoms with Crippen molar-refractivity contribution in [3.63, 3.8) is 0 Å². The summed E-state index contributed by atoms with van der Waals surface area (Å²) in [5.74, 6) is 7.13. The normalized spacial score (nSPS) is 40.3. The highest BCUT2D eigenvalue weighted by Crippen LogP contribution is 2.65. The topological polar surface area (TPSA) is 58.9 Å². The van der Waals surface area contributed by atoms with Crippen molar-refractivity contribution in [2.75, 3.05) is 26.4 Å². The molecule has 0 aliphatic heterocycles. The summed E-state index contributed by atoms with van der Waals surface area (Å²) >= 11 is 0. The Bertz CT molecular complexity index is 1160. The third-order valence-corrected chi connectivity index (χ3v) is 12.0. The maximum Gasteiger partial charge on any atom is 0.124 e. The first kappa shape index (κ1) is 24.1. The van der Waals surface area contributed by atoms with Gasteiger partial charge < -0.3 is 19.7 Å². The van der Waals surface area contributed by atoms with Crippen LogP contribution in [0.2, 0.25) is 0 Å². The highest BCUT2D eigenvalue weighted by atomic mass is 16.5. The van der Waals surface area contributed by atoms with Crippen LogP contribution in [0.5, 0.6) is 11.5 Å². The summed E-state index contributed by atoms with van der Waals surface area (Å²) in [5.41, 5.74) is 3.37. The van der Waals surface area contributed by atoms with Gasteiger partial charge in [-0.25, -0.2) is 0 Å². The molecule has 10 rings (SSSR count). The predicted octanol–water partition coefficient (Wildman–Crippen LogP) is 6.52. The third kappa shape index (κ3) is 3.69. The molecule has 38 heavy (non-hydrogen) atoms. The number of rotatable bonds is 8. The van der Waals surface area contributed by atoms with Gasteiger partial charge in [0.25, 0.3) is 0 Å². The van der Waals surface area contributed by atoms with Gasteiger partial charge in [-0.05, 0) is 153 Å². The Balaban J connectivity index is 1.34. The van der Waals surface area contributed by atoms with E-state index in [0.717, 1.165) is 47.0 Å². The molecule has 2 N–H and O–H groups in total. The molecule has 2 aromatic carbocycles. The second-order valence-corrected chi connectivity index (χ2v) is 14.5. The summed E-state index contributed by atoms with van der Waals surface area (Å²) in [6, 6.07) is 9.22. The van der Waals surface area contributed by atoms with Gasteiger partial charge in [-0.1, -0.05) is 6.07 Å². The molecule has 8 aliphatic rings. The van der Waals surface area contributed by atoms with Crippen molar-refractivity contribution in [1.29, 1.82) is 0 Å². The molecule has 0 unspecified atom stereocenters. The molecule has 0 heterocycles. The molecule has 8 saturated carbocycles. The van der Waals surface area contributed by atoms with Crippen molar-refractivity contribution in [3.8, 4) is 11.5 Å². The van der Waals surface area contributed by atoms with E-state index in [0.29, 0.717) is 13.2 Å². The van der Waals surface area contributed by atoms with Gasteiger partial charge in [-0.3, -0.25) is 0 Å². The fourth-order valence-corrected chi connectivity index (χ4v) is 11.7. The Kier molecular flexibility index (Phi) is 5.61. The van der Waals surface area contributed by atoms with Crippen molar-refractivity contribution in [2.45, 2.75) is 87.9 Å². The van der Waals surface area contributed by atoms with Crippen molar-refractivity contribution in [2.24, 2.45) is 35.5 Å². The quantitative estimate of drug-likeness (QED) is 0.420. The van der Waals surface area contributed by atoms with Crippen molar-refractivity contribution < 1.29 is 19.7 Å². The minimum absolute atomic E-state index is 0.0341. The van der Waals surface area contributed by atoms with Crippen LogP contribution in [-0.2, 0) is 10.8 Å². The Hall–Kier alpha value is -1.78.